The highest BCUT2D eigenvalue weighted by Gasteiger charge is 2.10. The average Bonchev–Trinajstić information content (AvgIpc) is 3.17. The van der Waals surface area contributed by atoms with E-state index in [1.165, 1.54) is 0 Å². The van der Waals surface area contributed by atoms with Crippen LogP contribution in [0.15, 0.2) is 48.2 Å². The molecule has 0 radical (unpaired) electrons. The molecule has 32 heavy (non-hydrogen) atoms. The van der Waals surface area contributed by atoms with Crippen LogP contribution in [0.3, 0.4) is 0 Å². The van der Waals surface area contributed by atoms with E-state index >= 15 is 0 Å². The molecule has 1 aromatic carbocycles. The first kappa shape index (κ1) is 28.1. The van der Waals surface area contributed by atoms with Crippen LogP contribution in [0.4, 0.5) is 0 Å². The van der Waals surface area contributed by atoms with Gasteiger partial charge in [0.15, 0.2) is 5.90 Å². The van der Waals surface area contributed by atoms with Crippen molar-refractivity contribution in [1.82, 2.24) is 14.9 Å². The molecule has 0 aliphatic rings. The van der Waals surface area contributed by atoms with Gasteiger partial charge in [-0.3, -0.25) is 5.32 Å². The van der Waals surface area contributed by atoms with Gasteiger partial charge in [0.1, 0.15) is 18.6 Å². The average molecular weight is 485 g/mol. The van der Waals surface area contributed by atoms with Crippen LogP contribution >= 0.6 is 23.2 Å². The Morgan fingerprint density at radius 2 is 2.00 bits per heavy atom. The third-order valence-corrected chi connectivity index (χ3v) is 4.54. The standard InChI is InChI=1S/C20H28Cl2N4O3.C3H6/c1-3-4-20(25-14(2)24-10-18(28)12-27)29-13-19-23-5-6-26(19)11-15-7-16(21)9-17(22)8-15;1-3-2/h5-9,14,18,24,27-28H,3-4,10-13H2,1-2H3;3H,1H2,2H3/b25-20+;. The molecule has 1 heterocycles. The molecule has 0 amide bonds. The van der Waals surface area contributed by atoms with E-state index in [2.05, 4.69) is 28.8 Å². The number of hydrogen-bond acceptors (Lipinski definition) is 6. The largest absolute Gasteiger partial charge is 0.473 e. The molecule has 2 rings (SSSR count). The van der Waals surface area contributed by atoms with Crippen molar-refractivity contribution in [2.75, 3.05) is 13.2 Å². The lowest BCUT2D eigenvalue weighted by molar-refractivity contribution is 0.0925. The van der Waals surface area contributed by atoms with E-state index < -0.39 is 6.10 Å². The van der Waals surface area contributed by atoms with Gasteiger partial charge in [0, 0.05) is 41.9 Å². The monoisotopic (exact) mass is 484 g/mol. The van der Waals surface area contributed by atoms with Crippen molar-refractivity contribution >= 4 is 29.1 Å². The van der Waals surface area contributed by atoms with Gasteiger partial charge < -0.3 is 19.5 Å². The van der Waals surface area contributed by atoms with Gasteiger partial charge in [0.2, 0.25) is 0 Å². The second kappa shape index (κ2) is 15.8. The van der Waals surface area contributed by atoms with Gasteiger partial charge in [-0.2, -0.15) is 0 Å². The molecule has 0 saturated carbocycles. The van der Waals surface area contributed by atoms with Crippen molar-refractivity contribution in [3.63, 3.8) is 0 Å². The number of halogens is 2. The number of rotatable bonds is 11. The fourth-order valence-corrected chi connectivity index (χ4v) is 3.26. The van der Waals surface area contributed by atoms with E-state index in [0.29, 0.717) is 28.9 Å². The Morgan fingerprint density at radius 1 is 1.34 bits per heavy atom. The molecular formula is C23H34Cl2N4O3. The predicted molar refractivity (Wildman–Crippen MR) is 131 cm³/mol. The Kier molecular flexibility index (Phi) is 13.9. The summed E-state index contributed by atoms with van der Waals surface area (Å²) in [5, 5.41) is 22.6. The first-order valence-corrected chi connectivity index (χ1v) is 11.3. The van der Waals surface area contributed by atoms with Crippen LogP contribution in [-0.2, 0) is 17.9 Å². The summed E-state index contributed by atoms with van der Waals surface area (Å²) in [7, 11) is 0. The van der Waals surface area contributed by atoms with Gasteiger partial charge in [-0.1, -0.05) is 36.2 Å². The minimum atomic E-state index is -0.810. The Balaban J connectivity index is 0.00000161. The van der Waals surface area contributed by atoms with Crippen molar-refractivity contribution in [3.8, 4) is 0 Å². The van der Waals surface area contributed by atoms with Gasteiger partial charge in [-0.05, 0) is 44.0 Å². The smallest absolute Gasteiger partial charge is 0.185 e. The highest BCUT2D eigenvalue weighted by Crippen LogP contribution is 2.20. The summed E-state index contributed by atoms with van der Waals surface area (Å²) < 4.78 is 7.90. The number of aromatic nitrogens is 2. The van der Waals surface area contributed by atoms with Crippen molar-refractivity contribution in [2.45, 2.75) is 59.0 Å². The van der Waals surface area contributed by atoms with Gasteiger partial charge >= 0.3 is 0 Å². The topological polar surface area (TPSA) is 91.9 Å². The molecule has 2 unspecified atom stereocenters. The maximum atomic E-state index is 9.44. The number of allylic oxidation sites excluding steroid dienone is 1. The zero-order valence-electron chi connectivity index (χ0n) is 19.0. The zero-order chi connectivity index (χ0) is 23.9. The van der Waals surface area contributed by atoms with Crippen molar-refractivity contribution in [1.29, 1.82) is 0 Å². The normalized spacial score (nSPS) is 13.2. The Morgan fingerprint density at radius 3 is 2.59 bits per heavy atom. The van der Waals surface area contributed by atoms with Crippen molar-refractivity contribution < 1.29 is 14.9 Å². The summed E-state index contributed by atoms with van der Waals surface area (Å²) in [5.41, 5.74) is 0.976. The summed E-state index contributed by atoms with van der Waals surface area (Å²) in [6.45, 7) is 10.0. The first-order valence-electron chi connectivity index (χ1n) is 10.6. The van der Waals surface area contributed by atoms with Crippen LogP contribution in [0.25, 0.3) is 0 Å². The number of hydrogen-bond donors (Lipinski definition) is 3. The summed E-state index contributed by atoms with van der Waals surface area (Å²) in [5.74, 6) is 1.38. The number of ether oxygens (including phenoxy) is 1. The molecule has 2 atom stereocenters. The number of benzene rings is 1. The number of aliphatic imine (C=N–C) groups is 1. The Bertz CT molecular complexity index is 822. The molecule has 7 nitrogen and oxygen atoms in total. The van der Waals surface area contributed by atoms with Crippen LogP contribution < -0.4 is 5.32 Å². The van der Waals surface area contributed by atoms with Crippen LogP contribution in [0.5, 0.6) is 0 Å². The first-order chi connectivity index (χ1) is 15.3. The fourth-order valence-electron chi connectivity index (χ4n) is 2.69. The molecule has 0 aliphatic heterocycles. The summed E-state index contributed by atoms with van der Waals surface area (Å²) >= 11 is 12.2. The number of nitrogens with zero attached hydrogens (tertiary/aromatic N) is 3. The van der Waals surface area contributed by atoms with E-state index in [4.69, 9.17) is 33.0 Å². The van der Waals surface area contributed by atoms with E-state index in [0.717, 1.165) is 17.8 Å². The molecule has 0 saturated heterocycles. The maximum Gasteiger partial charge on any atom is 0.185 e. The highest BCUT2D eigenvalue weighted by molar-refractivity contribution is 6.34. The molecule has 0 aliphatic carbocycles. The molecule has 1 aromatic heterocycles. The van der Waals surface area contributed by atoms with Crippen LogP contribution in [-0.4, -0.2) is 51.1 Å². The predicted octanol–water partition coefficient (Wildman–Crippen LogP) is 4.43. The van der Waals surface area contributed by atoms with Crippen LogP contribution in [0, 0.1) is 0 Å². The van der Waals surface area contributed by atoms with E-state index in [1.54, 1.807) is 18.3 Å². The van der Waals surface area contributed by atoms with Gasteiger partial charge in [0.25, 0.3) is 0 Å². The molecule has 0 bridgehead atoms. The van der Waals surface area contributed by atoms with Crippen LogP contribution in [0.1, 0.15) is 45.0 Å². The summed E-state index contributed by atoms with van der Waals surface area (Å²) in [6, 6.07) is 5.44. The third-order valence-electron chi connectivity index (χ3n) is 4.11. The number of aliphatic hydroxyl groups is 2. The van der Waals surface area contributed by atoms with E-state index in [9.17, 15) is 5.11 Å². The van der Waals surface area contributed by atoms with E-state index in [-0.39, 0.29) is 25.9 Å². The van der Waals surface area contributed by atoms with Gasteiger partial charge in [-0.15, -0.1) is 6.58 Å². The molecule has 0 fully saturated rings. The second-order valence-electron chi connectivity index (χ2n) is 7.14. The third kappa shape index (κ3) is 11.1. The Labute approximate surface area is 200 Å². The molecule has 2 aromatic rings. The molecule has 178 valence electrons. The molecule has 9 heteroatoms. The maximum absolute atomic E-state index is 9.44. The summed E-state index contributed by atoms with van der Waals surface area (Å²) in [4.78, 5) is 8.91. The lowest BCUT2D eigenvalue weighted by atomic mass is 10.2. The lowest BCUT2D eigenvalue weighted by Crippen LogP contribution is -2.35. The van der Waals surface area contributed by atoms with Crippen LogP contribution in [0.2, 0.25) is 10.0 Å². The molecule has 3 N–H and O–H groups in total. The zero-order valence-corrected chi connectivity index (χ0v) is 20.5. The lowest BCUT2D eigenvalue weighted by Gasteiger charge is -2.15. The second-order valence-corrected chi connectivity index (χ2v) is 8.01. The minimum absolute atomic E-state index is 0.244. The van der Waals surface area contributed by atoms with Crippen molar-refractivity contribution in [3.05, 3.63) is 64.7 Å². The fraction of sp³-hybridized carbons (Fsp3) is 0.478. The number of aliphatic hydroxyl groups excluding tert-OH is 2. The van der Waals surface area contributed by atoms with Gasteiger partial charge in [0.05, 0.1) is 12.7 Å². The summed E-state index contributed by atoms with van der Waals surface area (Å²) in [6.07, 6.45) is 5.88. The SMILES string of the molecule is C=CC.CCC/C(=N\C(C)NCC(O)CO)OCc1nccn1Cc1cc(Cl)cc(Cl)c1. The van der Waals surface area contributed by atoms with E-state index in [1.807, 2.05) is 36.7 Å². The van der Waals surface area contributed by atoms with Crippen molar-refractivity contribution in [2.24, 2.45) is 4.99 Å². The number of nitrogens with one attached hydrogen (secondary N) is 1. The highest BCUT2D eigenvalue weighted by atomic mass is 35.5. The Hall–Kier alpha value is -1.90. The number of imidazole rings is 1. The minimum Gasteiger partial charge on any atom is -0.473 e. The molecule has 0 spiro atoms. The quantitative estimate of drug-likeness (QED) is 0.249. The van der Waals surface area contributed by atoms with Gasteiger partial charge in [-0.25, -0.2) is 9.98 Å². The molecular weight excluding hydrogens is 451 g/mol.